The average molecular weight is 831 g/mol. The number of anilines is 1. The summed E-state index contributed by atoms with van der Waals surface area (Å²) in [5.41, 5.74) is 9.42. The van der Waals surface area contributed by atoms with Crippen molar-refractivity contribution in [2.45, 2.75) is 78.7 Å². The Balaban J connectivity index is 0.000000164. The van der Waals surface area contributed by atoms with Crippen molar-refractivity contribution in [3.05, 3.63) is 96.1 Å². The third-order valence-electron chi connectivity index (χ3n) is 9.95. The summed E-state index contributed by atoms with van der Waals surface area (Å²) in [5, 5.41) is 1.46. The second-order valence-corrected chi connectivity index (χ2v) is 14.9. The molecule has 7 aromatic rings. The van der Waals surface area contributed by atoms with Crippen molar-refractivity contribution in [3.8, 4) is 11.1 Å². The summed E-state index contributed by atoms with van der Waals surface area (Å²) in [6, 6.07) is 9.43. The van der Waals surface area contributed by atoms with Crippen molar-refractivity contribution in [2.75, 3.05) is 5.73 Å². The summed E-state index contributed by atoms with van der Waals surface area (Å²) in [5.74, 6) is -1.95. The Kier molecular flexibility index (Phi) is 9.26. The maximum atomic E-state index is 14.7. The summed E-state index contributed by atoms with van der Waals surface area (Å²) < 4.78 is 54.6. The number of nitrogens with two attached hydrogens (primary N) is 1. The summed E-state index contributed by atoms with van der Waals surface area (Å²) in [6.45, 7) is 6.05. The van der Waals surface area contributed by atoms with Crippen LogP contribution in [-0.2, 0) is 32.3 Å². The zero-order valence-corrected chi connectivity index (χ0v) is 32.2. The van der Waals surface area contributed by atoms with E-state index in [1.54, 1.807) is 23.6 Å². The molecule has 16 heteroatoms. The van der Waals surface area contributed by atoms with Crippen LogP contribution in [-0.4, -0.2) is 31.0 Å². The van der Waals surface area contributed by atoms with Gasteiger partial charge in [-0.1, -0.05) is 22.0 Å². The Labute approximate surface area is 324 Å². The maximum absolute atomic E-state index is 14.7. The molecule has 4 aromatic heterocycles. The fraction of sp³-hybridized carbons (Fsp3) is 0.300. The lowest BCUT2D eigenvalue weighted by molar-refractivity contribution is -0.143. The van der Waals surface area contributed by atoms with Crippen molar-refractivity contribution in [1.82, 2.24) is 19.1 Å². The minimum Gasteiger partial charge on any atom is -0.456 e. The van der Waals surface area contributed by atoms with Crippen LogP contribution in [0.15, 0.2) is 59.3 Å². The van der Waals surface area contributed by atoms with E-state index < -0.39 is 23.6 Å². The fourth-order valence-corrected chi connectivity index (χ4v) is 7.37. The summed E-state index contributed by atoms with van der Waals surface area (Å²) in [6.07, 6.45) is 3.63. The highest BCUT2D eigenvalue weighted by molar-refractivity contribution is 9.10. The number of nitrogen functional groups attached to an aromatic ring is 1. The first-order valence-electron chi connectivity index (χ1n) is 17.8. The third-order valence-corrected chi connectivity index (χ3v) is 10.8. The van der Waals surface area contributed by atoms with Crippen molar-refractivity contribution in [3.63, 3.8) is 0 Å². The van der Waals surface area contributed by atoms with Crippen LogP contribution in [0.1, 0.15) is 74.5 Å². The molecule has 0 bridgehead atoms. The van der Waals surface area contributed by atoms with Crippen LogP contribution in [0.4, 0.5) is 14.5 Å². The van der Waals surface area contributed by atoms with Gasteiger partial charge in [0.25, 0.3) is 11.1 Å². The summed E-state index contributed by atoms with van der Waals surface area (Å²) in [7, 11) is 0. The Bertz CT molecular complexity index is 2920. The zero-order valence-electron chi connectivity index (χ0n) is 30.6. The topological polar surface area (TPSA) is 175 Å². The third kappa shape index (κ3) is 6.50. The largest absolute Gasteiger partial charge is 0.456 e. The standard InChI is InChI=1S/C23H19F2N3O4.C17H15BrN2O4/c1-10-13(15-7-17(25)18(26)8-16(15)24)5-6-14-21(10)28(12-3-4-12)23(30)20-22(14)32-19(27-20)9-31-11(2)29;1-8-12(18)6-5-11-15(8)20(10-3-4-10)17(22)14-16(11)24-13(19-14)7-23-9(2)21/h5-8,12H,3-4,9,26H2,1-2H3;5-6,10H,3-4,7H2,1-2H3. The van der Waals surface area contributed by atoms with Gasteiger partial charge in [0.05, 0.1) is 16.7 Å². The molecule has 56 heavy (non-hydrogen) atoms. The Morgan fingerprint density at radius 3 is 1.73 bits per heavy atom. The van der Waals surface area contributed by atoms with Gasteiger partial charge in [-0.2, -0.15) is 0 Å². The highest BCUT2D eigenvalue weighted by Crippen LogP contribution is 2.42. The molecule has 13 nitrogen and oxygen atoms in total. The van der Waals surface area contributed by atoms with E-state index in [1.807, 2.05) is 23.6 Å². The van der Waals surface area contributed by atoms with Crippen molar-refractivity contribution < 1.29 is 36.7 Å². The van der Waals surface area contributed by atoms with E-state index in [-0.39, 0.29) is 70.5 Å². The van der Waals surface area contributed by atoms with Crippen LogP contribution >= 0.6 is 15.9 Å². The Morgan fingerprint density at radius 2 is 1.25 bits per heavy atom. The molecule has 0 saturated heterocycles. The van der Waals surface area contributed by atoms with E-state index in [1.165, 1.54) is 13.8 Å². The molecule has 4 heterocycles. The molecule has 2 aliphatic carbocycles. The Hall–Kier alpha value is -5.90. The van der Waals surface area contributed by atoms with Gasteiger partial charge in [0, 0.05) is 52.8 Å². The highest BCUT2D eigenvalue weighted by Gasteiger charge is 2.32. The van der Waals surface area contributed by atoms with Gasteiger partial charge >= 0.3 is 11.9 Å². The number of benzene rings is 3. The number of aryl methyl sites for hydroxylation is 2. The van der Waals surface area contributed by atoms with Crippen molar-refractivity contribution in [1.29, 1.82) is 0 Å². The molecule has 2 aliphatic rings. The molecule has 2 fully saturated rings. The second kappa shape index (κ2) is 14.0. The lowest BCUT2D eigenvalue weighted by atomic mass is 9.96. The van der Waals surface area contributed by atoms with E-state index in [9.17, 15) is 28.0 Å². The molecule has 0 aliphatic heterocycles. The predicted octanol–water partition coefficient (Wildman–Crippen LogP) is 7.99. The van der Waals surface area contributed by atoms with Gasteiger partial charge in [-0.25, -0.2) is 18.7 Å². The van der Waals surface area contributed by atoms with Crippen molar-refractivity contribution >= 4 is 77.6 Å². The molecule has 2 N–H and O–H groups in total. The lowest BCUT2D eigenvalue weighted by Gasteiger charge is -2.16. The number of hydrogen-bond acceptors (Lipinski definition) is 11. The number of aromatic nitrogens is 4. The van der Waals surface area contributed by atoms with Crippen molar-refractivity contribution in [2.24, 2.45) is 0 Å². The molecule has 0 spiro atoms. The molecule has 2 saturated carbocycles. The monoisotopic (exact) mass is 829 g/mol. The van der Waals surface area contributed by atoms with E-state index in [0.29, 0.717) is 33.1 Å². The van der Waals surface area contributed by atoms with Gasteiger partial charge in [-0.15, -0.1) is 0 Å². The summed E-state index contributed by atoms with van der Waals surface area (Å²) >= 11 is 3.54. The zero-order chi connectivity index (χ0) is 39.7. The minimum absolute atomic E-state index is 0.00929. The number of carbonyl (C=O) groups excluding carboxylic acids is 2. The molecule has 3 aromatic carbocycles. The number of nitrogens with zero attached hydrogens (tertiary/aromatic N) is 4. The van der Waals surface area contributed by atoms with E-state index >= 15 is 0 Å². The highest BCUT2D eigenvalue weighted by atomic mass is 79.9. The second-order valence-electron chi connectivity index (χ2n) is 14.0. The van der Waals surface area contributed by atoms with Gasteiger partial charge < -0.3 is 33.2 Å². The van der Waals surface area contributed by atoms with Crippen LogP contribution < -0.4 is 16.9 Å². The first-order chi connectivity index (χ1) is 26.7. The van der Waals surface area contributed by atoms with Crippen LogP contribution in [0.25, 0.3) is 55.1 Å². The molecular formula is C40H34BrF2N5O8. The quantitative estimate of drug-likeness (QED) is 0.122. The smallest absolute Gasteiger partial charge is 0.303 e. The number of hydrogen-bond donors (Lipinski definition) is 1. The van der Waals surface area contributed by atoms with Gasteiger partial charge in [0.15, 0.2) is 35.4 Å². The average Bonchev–Trinajstić information content (AvgIpc) is 4.09. The van der Waals surface area contributed by atoms with E-state index in [0.717, 1.165) is 58.8 Å². The molecular weight excluding hydrogens is 796 g/mol. The number of oxazole rings is 2. The lowest BCUT2D eigenvalue weighted by Crippen LogP contribution is -2.21. The normalized spacial score (nSPS) is 14.1. The number of halogens is 3. The Morgan fingerprint density at radius 1 is 0.768 bits per heavy atom. The molecule has 0 atom stereocenters. The molecule has 9 rings (SSSR count). The molecule has 0 unspecified atom stereocenters. The van der Waals surface area contributed by atoms with Gasteiger partial charge in [0.1, 0.15) is 11.6 Å². The first kappa shape index (κ1) is 37.0. The van der Waals surface area contributed by atoms with E-state index in [4.69, 9.17) is 24.0 Å². The predicted molar refractivity (Wildman–Crippen MR) is 206 cm³/mol. The summed E-state index contributed by atoms with van der Waals surface area (Å²) in [4.78, 5) is 56.9. The number of pyridine rings is 2. The number of ether oxygens (including phenoxy) is 2. The van der Waals surface area contributed by atoms with Crippen LogP contribution in [0.5, 0.6) is 0 Å². The number of fused-ring (bicyclic) bond motifs is 6. The van der Waals surface area contributed by atoms with Crippen LogP contribution in [0.2, 0.25) is 0 Å². The van der Waals surface area contributed by atoms with E-state index in [2.05, 4.69) is 25.9 Å². The number of rotatable bonds is 7. The van der Waals surface area contributed by atoms with Gasteiger partial charge in [-0.05, 0) is 80.5 Å². The van der Waals surface area contributed by atoms with Crippen LogP contribution in [0, 0.1) is 25.5 Å². The number of esters is 2. The molecule has 288 valence electrons. The van der Waals surface area contributed by atoms with Gasteiger partial charge in [-0.3, -0.25) is 19.2 Å². The van der Waals surface area contributed by atoms with Crippen LogP contribution in [0.3, 0.4) is 0 Å². The minimum atomic E-state index is -0.721. The molecule has 0 radical (unpaired) electrons. The fourth-order valence-electron chi connectivity index (χ4n) is 7.05. The SMILES string of the molecule is CC(=O)OCc1nc2c(=O)n(C3CC3)c3c(C)c(-c4cc(F)c(N)cc4F)ccc3c2o1.CC(=O)OCc1nc2c(=O)n(C3CC3)c3c(C)c(Br)ccc3c2o1. The first-order valence-corrected chi connectivity index (χ1v) is 18.6. The van der Waals surface area contributed by atoms with Gasteiger partial charge in [0.2, 0.25) is 11.8 Å². The maximum Gasteiger partial charge on any atom is 0.303 e. The number of carbonyl (C=O) groups is 2. The molecule has 0 amide bonds.